The molecule has 1 saturated carbocycles. The third-order valence-electron chi connectivity index (χ3n) is 11.1. The van der Waals surface area contributed by atoms with Crippen molar-refractivity contribution >= 4 is 11.8 Å². The highest BCUT2D eigenvalue weighted by molar-refractivity contribution is 5.93. The number of benzene rings is 2. The lowest BCUT2D eigenvalue weighted by Gasteiger charge is -2.36. The summed E-state index contributed by atoms with van der Waals surface area (Å²) in [6.45, 7) is 5.11. The van der Waals surface area contributed by atoms with Crippen LogP contribution in [0.4, 0.5) is 8.78 Å². The van der Waals surface area contributed by atoms with Gasteiger partial charge in [-0.25, -0.2) is 18.1 Å². The maximum Gasteiger partial charge on any atom is 0.270 e. The molecule has 6 aromatic rings. The van der Waals surface area contributed by atoms with Gasteiger partial charge < -0.3 is 15.4 Å². The highest BCUT2D eigenvalue weighted by atomic mass is 19.3. The number of carbonyl (C=O) groups is 2. The van der Waals surface area contributed by atoms with Gasteiger partial charge >= 0.3 is 0 Å². The van der Waals surface area contributed by atoms with E-state index < -0.39 is 17.9 Å². The van der Waals surface area contributed by atoms with Crippen molar-refractivity contribution in [2.45, 2.75) is 76.4 Å². The van der Waals surface area contributed by atoms with Crippen LogP contribution in [0.5, 0.6) is 0 Å². The van der Waals surface area contributed by atoms with E-state index in [2.05, 4.69) is 30.8 Å². The Hall–Kier alpha value is -6.08. The fourth-order valence-electron chi connectivity index (χ4n) is 7.40. The summed E-state index contributed by atoms with van der Waals surface area (Å²) in [7, 11) is 0. The monoisotopic (exact) mass is 770 g/mol. The van der Waals surface area contributed by atoms with Crippen molar-refractivity contribution in [2.24, 2.45) is 0 Å². The number of halogens is 2. The zero-order chi connectivity index (χ0) is 39.5. The van der Waals surface area contributed by atoms with Crippen LogP contribution in [0.15, 0.2) is 104 Å². The van der Waals surface area contributed by atoms with Crippen LogP contribution in [0.3, 0.4) is 0 Å². The van der Waals surface area contributed by atoms with Crippen molar-refractivity contribution in [3.05, 3.63) is 154 Å². The lowest BCUT2D eigenvalue weighted by Crippen LogP contribution is -2.51. The van der Waals surface area contributed by atoms with Gasteiger partial charge in [-0.2, -0.15) is 10.2 Å². The molecule has 8 rings (SSSR count). The van der Waals surface area contributed by atoms with Crippen LogP contribution in [-0.4, -0.2) is 72.6 Å². The van der Waals surface area contributed by atoms with E-state index in [9.17, 15) is 9.59 Å². The molecule has 2 N–H and O–H groups in total. The van der Waals surface area contributed by atoms with Crippen LogP contribution in [0.2, 0.25) is 0 Å². The number of amides is 2. The minimum atomic E-state index is -3.06. The molecule has 3 unspecified atom stereocenters. The molecule has 1 saturated heterocycles. The summed E-state index contributed by atoms with van der Waals surface area (Å²) in [6, 6.07) is 20.0. The van der Waals surface area contributed by atoms with Gasteiger partial charge in [-0.15, -0.1) is 0 Å². The second kappa shape index (κ2) is 16.2. The molecule has 5 heterocycles. The summed E-state index contributed by atoms with van der Waals surface area (Å²) < 4.78 is 39.6. The molecule has 0 spiro atoms. The van der Waals surface area contributed by atoms with Gasteiger partial charge in [0, 0.05) is 50.6 Å². The summed E-state index contributed by atoms with van der Waals surface area (Å²) in [6.07, 6.45) is 12.7. The molecule has 57 heavy (non-hydrogen) atoms. The van der Waals surface area contributed by atoms with Crippen LogP contribution in [-0.2, 0) is 17.6 Å². The summed E-state index contributed by atoms with van der Waals surface area (Å²) in [5, 5.41) is 14.4. The van der Waals surface area contributed by atoms with Crippen molar-refractivity contribution in [3.8, 4) is 11.4 Å². The number of rotatable bonds is 12. The number of nitrogens with zero attached hydrogens (tertiary/aromatic N) is 6. The van der Waals surface area contributed by atoms with E-state index in [4.69, 9.17) is 4.74 Å². The number of nitrogens with one attached hydrogen (secondary N) is 2. The van der Waals surface area contributed by atoms with E-state index in [1.54, 1.807) is 40.2 Å². The minimum absolute atomic E-state index is 0.0738. The van der Waals surface area contributed by atoms with Gasteiger partial charge in [-0.1, -0.05) is 24.3 Å². The van der Waals surface area contributed by atoms with Crippen LogP contribution < -0.4 is 10.6 Å². The Labute approximate surface area is 329 Å². The molecular weight excluding hydrogens is 727 g/mol. The number of hydrogen-bond donors (Lipinski definition) is 2. The van der Waals surface area contributed by atoms with Crippen molar-refractivity contribution in [3.63, 3.8) is 0 Å². The van der Waals surface area contributed by atoms with Crippen molar-refractivity contribution in [2.75, 3.05) is 13.2 Å². The molecule has 2 fully saturated rings. The van der Waals surface area contributed by atoms with E-state index in [1.165, 1.54) is 0 Å². The predicted molar refractivity (Wildman–Crippen MR) is 210 cm³/mol. The lowest BCUT2D eigenvalue weighted by molar-refractivity contribution is -0.0654. The fourth-order valence-corrected chi connectivity index (χ4v) is 7.40. The smallest absolute Gasteiger partial charge is 0.270 e. The quantitative estimate of drug-likeness (QED) is 0.139. The maximum atomic E-state index is 15.3. The van der Waals surface area contributed by atoms with Gasteiger partial charge in [0.1, 0.15) is 11.4 Å². The number of hydrogen-bond acceptors (Lipinski definition) is 7. The number of aryl methyl sites for hydroxylation is 2. The third-order valence-corrected chi connectivity index (χ3v) is 11.1. The Morgan fingerprint density at radius 2 is 1.44 bits per heavy atom. The molecular formula is C44H44F2N8O3. The maximum absolute atomic E-state index is 15.3. The first-order chi connectivity index (χ1) is 27.6. The van der Waals surface area contributed by atoms with E-state index in [0.717, 1.165) is 63.3 Å². The Balaban J connectivity index is 0.893. The molecule has 0 bridgehead atoms. The summed E-state index contributed by atoms with van der Waals surface area (Å²) in [4.78, 5) is 34.8. The zero-order valence-electron chi connectivity index (χ0n) is 31.9. The molecule has 3 atom stereocenters. The summed E-state index contributed by atoms with van der Waals surface area (Å²) >= 11 is 0. The molecule has 1 aliphatic heterocycles. The van der Waals surface area contributed by atoms with Crippen LogP contribution in [0.1, 0.15) is 91.5 Å². The minimum Gasteiger partial charge on any atom is -0.376 e. The zero-order valence-corrected chi connectivity index (χ0v) is 31.9. The van der Waals surface area contributed by atoms with Gasteiger partial charge in [0.05, 0.1) is 29.7 Å². The highest BCUT2D eigenvalue weighted by Crippen LogP contribution is 2.41. The van der Waals surface area contributed by atoms with Crippen molar-refractivity contribution in [1.82, 2.24) is 40.2 Å². The standard InChI is InChI=1S/C44H44F2N8O3/c1-28-23-47-39(42(55)49-26-38-13-17-57-38)20-33(28)18-31-6-10-37(11-7-31)54-27-35(25-51-54)32-12-14-44(45,46)41(22-32)52-43(56)40-21-34(29(2)24-48-40)19-30-4-8-36(9-5-30)53-16-3-15-50-53/h3-11,15-16,20-21,23-25,27,32,38,41H,12-14,17-19,22,26H2,1-2H3,(H,49,55)(H,52,56). The molecule has 0 radical (unpaired) electrons. The third kappa shape index (κ3) is 8.68. The van der Waals surface area contributed by atoms with E-state index in [1.807, 2.05) is 86.9 Å². The van der Waals surface area contributed by atoms with Crippen LogP contribution in [0, 0.1) is 13.8 Å². The van der Waals surface area contributed by atoms with Gasteiger partial charge in [-0.3, -0.25) is 19.6 Å². The van der Waals surface area contributed by atoms with Gasteiger partial charge in [0.25, 0.3) is 17.7 Å². The highest BCUT2D eigenvalue weighted by Gasteiger charge is 2.46. The Bertz CT molecular complexity index is 2360. The van der Waals surface area contributed by atoms with Crippen molar-refractivity contribution < 1.29 is 23.1 Å². The molecule has 13 heteroatoms. The SMILES string of the molecule is Cc1cnc(C(=O)NCC2CCO2)cc1Cc1ccc(-n2cc(C3CCC(F)(F)C(NC(=O)c4cc(Cc5ccc(-n6cccn6)cc5)c(C)cn4)C3)cn2)cc1. The molecule has 1 aliphatic carbocycles. The van der Waals surface area contributed by atoms with Crippen molar-refractivity contribution in [1.29, 1.82) is 0 Å². The van der Waals surface area contributed by atoms with E-state index in [0.29, 0.717) is 25.1 Å². The largest absolute Gasteiger partial charge is 0.376 e. The predicted octanol–water partition coefficient (Wildman–Crippen LogP) is 6.87. The fraction of sp³-hybridized carbons (Fsp3) is 0.318. The Morgan fingerprint density at radius 1 is 0.825 bits per heavy atom. The number of alkyl halides is 2. The second-order valence-electron chi connectivity index (χ2n) is 15.1. The first-order valence-corrected chi connectivity index (χ1v) is 19.3. The molecule has 4 aromatic heterocycles. The van der Waals surface area contributed by atoms with Crippen LogP contribution in [0.25, 0.3) is 11.4 Å². The normalized spacial score (nSPS) is 18.8. The number of aromatic nitrogens is 6. The topological polar surface area (TPSA) is 129 Å². The lowest BCUT2D eigenvalue weighted by atomic mass is 9.80. The number of pyridine rings is 2. The molecule has 2 amide bonds. The first kappa shape index (κ1) is 37.8. The van der Waals surface area contributed by atoms with E-state index in [-0.39, 0.29) is 42.9 Å². The van der Waals surface area contributed by atoms with Gasteiger partial charge in [0.2, 0.25) is 0 Å². The van der Waals surface area contributed by atoms with Gasteiger partial charge in [0.15, 0.2) is 0 Å². The molecule has 2 aliphatic rings. The summed E-state index contributed by atoms with van der Waals surface area (Å²) in [5.41, 5.74) is 8.98. The molecule has 2 aromatic carbocycles. The first-order valence-electron chi connectivity index (χ1n) is 19.3. The molecule has 292 valence electrons. The Morgan fingerprint density at radius 3 is 2.02 bits per heavy atom. The average molecular weight is 771 g/mol. The van der Waals surface area contributed by atoms with Gasteiger partial charge in [-0.05, 0) is 133 Å². The summed E-state index contributed by atoms with van der Waals surface area (Å²) in [5.74, 6) is -4.11. The average Bonchev–Trinajstić information content (AvgIpc) is 3.91. The Kier molecular flexibility index (Phi) is 10.7. The number of ether oxygens (including phenoxy) is 1. The molecule has 11 nitrogen and oxygen atoms in total. The second-order valence-corrected chi connectivity index (χ2v) is 15.1. The van der Waals surface area contributed by atoms with Crippen LogP contribution >= 0.6 is 0 Å². The van der Waals surface area contributed by atoms with E-state index >= 15 is 8.78 Å². The number of carbonyl (C=O) groups excluding carboxylic acids is 2.